The average molecular weight is 474 g/mol. The van der Waals surface area contributed by atoms with Crippen LogP contribution in [0.15, 0.2) is 84.6 Å². The number of amides is 4. The predicted molar refractivity (Wildman–Crippen MR) is 128 cm³/mol. The molecule has 2 heterocycles. The van der Waals surface area contributed by atoms with Crippen LogP contribution < -0.4 is 10.2 Å². The summed E-state index contributed by atoms with van der Waals surface area (Å²) in [7, 11) is 0. The maximum absolute atomic E-state index is 13.5. The number of carbonyl (C=O) groups is 3. The molecule has 0 spiro atoms. The summed E-state index contributed by atoms with van der Waals surface area (Å²) in [5, 5.41) is 3.55. The van der Waals surface area contributed by atoms with Crippen LogP contribution in [0.1, 0.15) is 11.1 Å². The summed E-state index contributed by atoms with van der Waals surface area (Å²) >= 11 is 5.90. The second-order valence-electron chi connectivity index (χ2n) is 7.83. The van der Waals surface area contributed by atoms with Gasteiger partial charge >= 0.3 is 6.03 Å². The lowest BCUT2D eigenvalue weighted by atomic mass is 10.1. The average Bonchev–Trinajstić information content (AvgIpc) is 3.20. The number of aromatic nitrogens is 1. The SMILES string of the molecule is O=C1NC(=O)N(c2ccc(Cl)cc2)C(=O)/C1=C\c1ccc2c(ccn2Cc2cccc(F)c2)c1. The zero-order valence-corrected chi connectivity index (χ0v) is 18.4. The largest absolute Gasteiger partial charge is 0.343 e. The van der Waals surface area contributed by atoms with Crippen molar-refractivity contribution in [2.45, 2.75) is 6.54 Å². The smallest absolute Gasteiger partial charge is 0.335 e. The number of nitrogens with one attached hydrogen (secondary N) is 1. The van der Waals surface area contributed by atoms with Crippen LogP contribution in [-0.4, -0.2) is 22.4 Å². The van der Waals surface area contributed by atoms with Crippen molar-refractivity contribution < 1.29 is 18.8 Å². The number of nitrogens with zero attached hydrogens (tertiary/aromatic N) is 2. The summed E-state index contributed by atoms with van der Waals surface area (Å²) in [6.45, 7) is 0.501. The number of fused-ring (bicyclic) bond motifs is 1. The number of carbonyl (C=O) groups excluding carboxylic acids is 3. The van der Waals surface area contributed by atoms with Crippen molar-refractivity contribution in [2.24, 2.45) is 0 Å². The number of halogens is 2. The van der Waals surface area contributed by atoms with Gasteiger partial charge in [0.25, 0.3) is 11.8 Å². The molecule has 8 heteroatoms. The maximum Gasteiger partial charge on any atom is 0.335 e. The van der Waals surface area contributed by atoms with E-state index in [0.29, 0.717) is 22.8 Å². The predicted octanol–water partition coefficient (Wildman–Crippen LogP) is 5.15. The molecule has 1 aliphatic rings. The highest BCUT2D eigenvalue weighted by molar-refractivity contribution is 6.39. The van der Waals surface area contributed by atoms with Gasteiger partial charge in [0.05, 0.1) is 5.69 Å². The van der Waals surface area contributed by atoms with Crippen molar-refractivity contribution in [3.05, 3.63) is 107 Å². The highest BCUT2D eigenvalue weighted by Crippen LogP contribution is 2.25. The van der Waals surface area contributed by atoms with Gasteiger partial charge in [-0.15, -0.1) is 0 Å². The first-order valence-electron chi connectivity index (χ1n) is 10.4. The summed E-state index contributed by atoms with van der Waals surface area (Å²) in [5.74, 6) is -1.77. The molecular weight excluding hydrogens is 457 g/mol. The van der Waals surface area contributed by atoms with Crippen LogP contribution >= 0.6 is 11.6 Å². The third kappa shape index (κ3) is 4.09. The Labute approximate surface area is 198 Å². The van der Waals surface area contributed by atoms with E-state index < -0.39 is 17.8 Å². The van der Waals surface area contributed by atoms with E-state index >= 15 is 0 Å². The summed E-state index contributed by atoms with van der Waals surface area (Å²) < 4.78 is 15.5. The minimum atomic E-state index is -0.820. The van der Waals surface area contributed by atoms with Crippen LogP contribution in [0.25, 0.3) is 17.0 Å². The van der Waals surface area contributed by atoms with Crippen molar-refractivity contribution in [1.29, 1.82) is 0 Å². The molecule has 168 valence electrons. The molecule has 0 saturated carbocycles. The lowest BCUT2D eigenvalue weighted by Gasteiger charge is -2.26. The van der Waals surface area contributed by atoms with E-state index in [1.807, 2.05) is 35.0 Å². The molecule has 4 amide bonds. The van der Waals surface area contributed by atoms with Gasteiger partial charge in [-0.25, -0.2) is 14.1 Å². The van der Waals surface area contributed by atoms with E-state index in [1.165, 1.54) is 30.3 Å². The number of imide groups is 2. The number of barbiturate groups is 1. The lowest BCUT2D eigenvalue weighted by molar-refractivity contribution is -0.122. The summed E-state index contributed by atoms with van der Waals surface area (Å²) in [5.41, 5.74) is 2.52. The Kier molecular flexibility index (Phi) is 5.47. The van der Waals surface area contributed by atoms with Gasteiger partial charge in [0.2, 0.25) is 0 Å². The van der Waals surface area contributed by atoms with Gasteiger partial charge < -0.3 is 4.57 Å². The minimum absolute atomic E-state index is 0.159. The molecule has 1 saturated heterocycles. The number of anilines is 1. The molecule has 3 aromatic carbocycles. The molecule has 0 atom stereocenters. The van der Waals surface area contributed by atoms with Crippen LogP contribution in [0.4, 0.5) is 14.9 Å². The van der Waals surface area contributed by atoms with Gasteiger partial charge in [-0.3, -0.25) is 14.9 Å². The van der Waals surface area contributed by atoms with E-state index in [0.717, 1.165) is 21.4 Å². The molecule has 1 aliphatic heterocycles. The van der Waals surface area contributed by atoms with Crippen LogP contribution in [0.3, 0.4) is 0 Å². The maximum atomic E-state index is 13.5. The molecule has 0 bridgehead atoms. The van der Waals surface area contributed by atoms with E-state index in [-0.39, 0.29) is 11.4 Å². The fourth-order valence-electron chi connectivity index (χ4n) is 3.93. The minimum Gasteiger partial charge on any atom is -0.343 e. The van der Waals surface area contributed by atoms with Crippen molar-refractivity contribution in [1.82, 2.24) is 9.88 Å². The fourth-order valence-corrected chi connectivity index (χ4v) is 4.05. The summed E-state index contributed by atoms with van der Waals surface area (Å²) in [6.07, 6.45) is 3.35. The van der Waals surface area contributed by atoms with Crippen LogP contribution in [0.5, 0.6) is 0 Å². The highest BCUT2D eigenvalue weighted by Gasteiger charge is 2.36. The number of hydrogen-bond donors (Lipinski definition) is 1. The normalized spacial score (nSPS) is 15.3. The summed E-state index contributed by atoms with van der Waals surface area (Å²) in [6, 6.07) is 19.2. The highest BCUT2D eigenvalue weighted by atomic mass is 35.5. The van der Waals surface area contributed by atoms with E-state index in [9.17, 15) is 18.8 Å². The number of rotatable bonds is 4. The molecule has 34 heavy (non-hydrogen) atoms. The molecule has 0 aliphatic carbocycles. The van der Waals surface area contributed by atoms with Gasteiger partial charge in [-0.2, -0.15) is 0 Å². The Morgan fingerprint density at radius 2 is 1.74 bits per heavy atom. The van der Waals surface area contributed by atoms with Crippen LogP contribution in [0, 0.1) is 5.82 Å². The first-order chi connectivity index (χ1) is 16.4. The van der Waals surface area contributed by atoms with Crippen molar-refractivity contribution in [2.75, 3.05) is 4.90 Å². The second-order valence-corrected chi connectivity index (χ2v) is 8.26. The van der Waals surface area contributed by atoms with Gasteiger partial charge in [0.1, 0.15) is 11.4 Å². The van der Waals surface area contributed by atoms with Gasteiger partial charge in [0, 0.05) is 28.7 Å². The fraction of sp³-hybridized carbons (Fsp3) is 0.0385. The molecule has 5 rings (SSSR count). The molecule has 6 nitrogen and oxygen atoms in total. The Bertz CT molecular complexity index is 1490. The van der Waals surface area contributed by atoms with Crippen molar-refractivity contribution in [3.63, 3.8) is 0 Å². The molecule has 4 aromatic rings. The molecule has 0 unspecified atom stereocenters. The quantitative estimate of drug-likeness (QED) is 0.329. The topological polar surface area (TPSA) is 71.4 Å². The monoisotopic (exact) mass is 473 g/mol. The van der Waals surface area contributed by atoms with Crippen LogP contribution in [-0.2, 0) is 16.1 Å². The zero-order chi connectivity index (χ0) is 23.8. The molecule has 1 N–H and O–H groups in total. The first kappa shape index (κ1) is 21.6. The second kappa shape index (κ2) is 8.61. The third-order valence-corrected chi connectivity index (χ3v) is 5.79. The van der Waals surface area contributed by atoms with E-state index in [2.05, 4.69) is 5.32 Å². The summed E-state index contributed by atoms with van der Waals surface area (Å²) in [4.78, 5) is 38.7. The Balaban J connectivity index is 1.45. The van der Waals surface area contributed by atoms with Crippen molar-refractivity contribution >= 4 is 52.1 Å². The Hall–Kier alpha value is -4.23. The van der Waals surface area contributed by atoms with Gasteiger partial charge in [0.15, 0.2) is 0 Å². The molecule has 1 fully saturated rings. The molecular formula is C26H17ClFN3O3. The van der Waals surface area contributed by atoms with Crippen LogP contribution in [0.2, 0.25) is 5.02 Å². The number of hydrogen-bond acceptors (Lipinski definition) is 3. The zero-order valence-electron chi connectivity index (χ0n) is 17.7. The van der Waals surface area contributed by atoms with E-state index in [4.69, 9.17) is 11.6 Å². The van der Waals surface area contributed by atoms with E-state index in [1.54, 1.807) is 24.3 Å². The molecule has 0 radical (unpaired) electrons. The standard InChI is InChI=1S/C26H17ClFN3O3/c27-19-5-7-21(8-6-19)31-25(33)22(24(32)29-26(31)34)14-16-4-9-23-18(12-16)10-11-30(23)15-17-2-1-3-20(28)13-17/h1-14H,15H2,(H,29,32,34)/b22-14-. The Morgan fingerprint density at radius 3 is 2.50 bits per heavy atom. The van der Waals surface area contributed by atoms with Gasteiger partial charge in [-0.1, -0.05) is 29.8 Å². The Morgan fingerprint density at radius 1 is 0.941 bits per heavy atom. The van der Waals surface area contributed by atoms with Gasteiger partial charge in [-0.05, 0) is 71.8 Å². The lowest BCUT2D eigenvalue weighted by Crippen LogP contribution is -2.54. The number of urea groups is 1. The van der Waals surface area contributed by atoms with Crippen molar-refractivity contribution in [3.8, 4) is 0 Å². The molecule has 1 aromatic heterocycles. The first-order valence-corrected chi connectivity index (χ1v) is 10.8. The third-order valence-electron chi connectivity index (χ3n) is 5.53. The number of benzene rings is 3.